The molecule has 0 heterocycles. The van der Waals surface area contributed by atoms with Gasteiger partial charge in [0.25, 0.3) is 0 Å². The van der Waals surface area contributed by atoms with E-state index in [1.54, 1.807) is 0 Å². The second-order valence-corrected chi connectivity index (χ2v) is 7.92. The lowest BCUT2D eigenvalue weighted by atomic mass is 10.0. The van der Waals surface area contributed by atoms with Gasteiger partial charge in [0.1, 0.15) is 5.82 Å². The molecule has 0 radical (unpaired) electrons. The zero-order valence-corrected chi connectivity index (χ0v) is 18.2. The Morgan fingerprint density at radius 3 is 1.73 bits per heavy atom. The number of hydrogen-bond acceptors (Lipinski definition) is 2. The lowest BCUT2D eigenvalue weighted by Crippen LogP contribution is -2.12. The number of ether oxygens (including phenoxy) is 1. The van der Waals surface area contributed by atoms with Gasteiger partial charge < -0.3 is 4.74 Å². The van der Waals surface area contributed by atoms with Gasteiger partial charge in [-0.15, -0.1) is 0 Å². The fourth-order valence-electron chi connectivity index (χ4n) is 3.41. The Bertz CT molecular complexity index is 599. The second kappa shape index (κ2) is 15.2. The third-order valence-corrected chi connectivity index (χ3v) is 5.24. The van der Waals surface area contributed by atoms with Crippen molar-refractivity contribution in [1.29, 1.82) is 0 Å². The number of carbonyl (C=O) groups is 1. The van der Waals surface area contributed by atoms with Crippen LogP contribution in [0.25, 0.3) is 0 Å². The Morgan fingerprint density at radius 1 is 0.800 bits per heavy atom. The average molecular weight is 433 g/mol. The van der Waals surface area contributed by atoms with Gasteiger partial charge >= 0.3 is 12.1 Å². The van der Waals surface area contributed by atoms with Crippen LogP contribution in [0.1, 0.15) is 113 Å². The molecule has 0 fully saturated rings. The highest BCUT2D eigenvalue weighted by molar-refractivity contribution is 5.89. The van der Waals surface area contributed by atoms with Crippen molar-refractivity contribution in [2.24, 2.45) is 0 Å². The first-order chi connectivity index (χ1) is 14.4. The molecule has 0 saturated carbocycles. The molecule has 1 rings (SSSR count). The topological polar surface area (TPSA) is 26.3 Å². The molecule has 0 atom stereocenters. The molecule has 6 heteroatoms. The molecule has 172 valence electrons. The zero-order chi connectivity index (χ0) is 22.2. The van der Waals surface area contributed by atoms with Crippen LogP contribution in [0, 0.1) is 5.82 Å². The summed E-state index contributed by atoms with van der Waals surface area (Å²) in [6.07, 6.45) is 12.1. The average Bonchev–Trinajstić information content (AvgIpc) is 2.70. The summed E-state index contributed by atoms with van der Waals surface area (Å²) in [7, 11) is 0. The molecule has 0 aliphatic heterocycles. The molecule has 1 aromatic carbocycles. The van der Waals surface area contributed by atoms with E-state index >= 15 is 0 Å². The molecule has 0 bridgehead atoms. The standard InChI is InChI=1S/C24H36F4O2/c1-2-3-4-5-6-7-8-9-10-11-12-13-14-15-18-30-23(29)20-16-17-22(25)21(19-20)24(26,27)28/h16-17,19H,2-15,18H2,1H3. The predicted molar refractivity (Wildman–Crippen MR) is 112 cm³/mol. The molecule has 0 N–H and O–H groups in total. The summed E-state index contributed by atoms with van der Waals surface area (Å²) >= 11 is 0. The molecule has 2 nitrogen and oxygen atoms in total. The Kier molecular flexibility index (Phi) is 13.4. The van der Waals surface area contributed by atoms with Crippen molar-refractivity contribution in [3.05, 3.63) is 35.1 Å². The van der Waals surface area contributed by atoms with E-state index in [2.05, 4.69) is 6.92 Å². The summed E-state index contributed by atoms with van der Waals surface area (Å²) in [4.78, 5) is 11.9. The van der Waals surface area contributed by atoms with Crippen molar-refractivity contribution in [3.63, 3.8) is 0 Å². The Balaban J connectivity index is 2.03. The highest BCUT2D eigenvalue weighted by Crippen LogP contribution is 2.32. The maximum Gasteiger partial charge on any atom is 0.419 e. The minimum atomic E-state index is -4.84. The molecule has 0 amide bonds. The van der Waals surface area contributed by atoms with E-state index in [-0.39, 0.29) is 12.2 Å². The number of hydrogen-bond donors (Lipinski definition) is 0. The Morgan fingerprint density at radius 2 is 1.27 bits per heavy atom. The first-order valence-electron chi connectivity index (χ1n) is 11.4. The van der Waals surface area contributed by atoms with Crippen molar-refractivity contribution in [1.82, 2.24) is 0 Å². The van der Waals surface area contributed by atoms with E-state index in [1.807, 2.05) is 0 Å². The minimum absolute atomic E-state index is 0.162. The first kappa shape index (κ1) is 26.4. The molecular weight excluding hydrogens is 396 g/mol. The lowest BCUT2D eigenvalue weighted by molar-refractivity contribution is -0.140. The SMILES string of the molecule is CCCCCCCCCCCCCCCCOC(=O)c1ccc(F)c(C(F)(F)F)c1. The van der Waals surface area contributed by atoms with Crippen LogP contribution in [0.5, 0.6) is 0 Å². The summed E-state index contributed by atoms with van der Waals surface area (Å²) in [5.74, 6) is -2.25. The van der Waals surface area contributed by atoms with Crippen LogP contribution in [0.15, 0.2) is 18.2 Å². The van der Waals surface area contributed by atoms with Crippen molar-refractivity contribution in [2.75, 3.05) is 6.61 Å². The van der Waals surface area contributed by atoms with E-state index in [0.29, 0.717) is 18.6 Å². The van der Waals surface area contributed by atoms with E-state index in [9.17, 15) is 22.4 Å². The normalized spacial score (nSPS) is 11.6. The van der Waals surface area contributed by atoms with Crippen LogP contribution in [0.3, 0.4) is 0 Å². The van der Waals surface area contributed by atoms with Gasteiger partial charge in [0, 0.05) is 0 Å². The van der Waals surface area contributed by atoms with Crippen LogP contribution >= 0.6 is 0 Å². The van der Waals surface area contributed by atoms with Gasteiger partial charge in [-0.25, -0.2) is 9.18 Å². The first-order valence-corrected chi connectivity index (χ1v) is 11.4. The maximum absolute atomic E-state index is 13.3. The molecule has 0 saturated heterocycles. The van der Waals surface area contributed by atoms with Gasteiger partial charge in [-0.3, -0.25) is 0 Å². The molecule has 30 heavy (non-hydrogen) atoms. The maximum atomic E-state index is 13.3. The monoisotopic (exact) mass is 432 g/mol. The Labute approximate surface area is 178 Å². The van der Waals surface area contributed by atoms with Crippen LogP contribution < -0.4 is 0 Å². The lowest BCUT2D eigenvalue weighted by Gasteiger charge is -2.10. The number of alkyl halides is 3. The second-order valence-electron chi connectivity index (χ2n) is 7.92. The van der Waals surface area contributed by atoms with Crippen LogP contribution in [-0.2, 0) is 10.9 Å². The third kappa shape index (κ3) is 11.6. The molecule has 1 aromatic rings. The summed E-state index contributed by atoms with van der Waals surface area (Å²) in [6, 6.07) is 2.16. The van der Waals surface area contributed by atoms with E-state index in [4.69, 9.17) is 4.74 Å². The number of rotatable bonds is 16. The van der Waals surface area contributed by atoms with Gasteiger partial charge in [-0.1, -0.05) is 90.4 Å². The molecular formula is C24H36F4O2. The van der Waals surface area contributed by atoms with Crippen molar-refractivity contribution in [2.45, 2.75) is 103 Å². The van der Waals surface area contributed by atoms with Gasteiger partial charge in [0.2, 0.25) is 0 Å². The van der Waals surface area contributed by atoms with Gasteiger partial charge in [-0.05, 0) is 24.6 Å². The third-order valence-electron chi connectivity index (χ3n) is 5.24. The van der Waals surface area contributed by atoms with Crippen LogP contribution in [-0.4, -0.2) is 12.6 Å². The minimum Gasteiger partial charge on any atom is -0.462 e. The number of esters is 1. The highest BCUT2D eigenvalue weighted by Gasteiger charge is 2.34. The Hall–Kier alpha value is -1.59. The number of halogens is 4. The molecule has 0 unspecified atom stereocenters. The summed E-state index contributed by atoms with van der Waals surface area (Å²) in [5, 5.41) is 0. The smallest absolute Gasteiger partial charge is 0.419 e. The van der Waals surface area contributed by atoms with Crippen molar-refractivity contribution >= 4 is 5.97 Å². The fraction of sp³-hybridized carbons (Fsp3) is 0.708. The van der Waals surface area contributed by atoms with E-state index in [1.165, 1.54) is 64.2 Å². The summed E-state index contributed by atoms with van der Waals surface area (Å²) in [6.45, 7) is 2.40. The fourth-order valence-corrected chi connectivity index (χ4v) is 3.41. The number of benzene rings is 1. The van der Waals surface area contributed by atoms with Crippen molar-refractivity contribution in [3.8, 4) is 0 Å². The number of carbonyl (C=O) groups excluding carboxylic acids is 1. The molecule has 0 aliphatic carbocycles. The summed E-state index contributed by atoms with van der Waals surface area (Å²) < 4.78 is 56.4. The largest absolute Gasteiger partial charge is 0.462 e. The quantitative estimate of drug-likeness (QED) is 0.149. The van der Waals surface area contributed by atoms with Crippen LogP contribution in [0.2, 0.25) is 0 Å². The van der Waals surface area contributed by atoms with Crippen LogP contribution in [0.4, 0.5) is 17.6 Å². The zero-order valence-electron chi connectivity index (χ0n) is 18.2. The van der Waals surface area contributed by atoms with E-state index < -0.39 is 23.5 Å². The van der Waals surface area contributed by atoms with Gasteiger partial charge in [0.15, 0.2) is 0 Å². The molecule has 0 aliphatic rings. The summed E-state index contributed by atoms with van der Waals surface area (Å²) in [5.41, 5.74) is -1.73. The van der Waals surface area contributed by atoms with E-state index in [0.717, 1.165) is 25.3 Å². The van der Waals surface area contributed by atoms with Gasteiger partial charge in [-0.2, -0.15) is 13.2 Å². The van der Waals surface area contributed by atoms with Gasteiger partial charge in [0.05, 0.1) is 17.7 Å². The predicted octanol–water partition coefficient (Wildman–Crippen LogP) is 8.48. The van der Waals surface area contributed by atoms with Crippen molar-refractivity contribution < 1.29 is 27.1 Å². The highest BCUT2D eigenvalue weighted by atomic mass is 19.4. The molecule has 0 spiro atoms. The molecule has 0 aromatic heterocycles. The number of unbranched alkanes of at least 4 members (excludes halogenated alkanes) is 13.